The molecule has 1 aliphatic heterocycles. The van der Waals surface area contributed by atoms with E-state index in [9.17, 15) is 0 Å². The summed E-state index contributed by atoms with van der Waals surface area (Å²) in [6.45, 7) is 3.82. The van der Waals surface area contributed by atoms with E-state index in [1.165, 1.54) is 6.20 Å². The average molecular weight is 732 g/mol. The number of nitrogens with zero attached hydrogens (tertiary/aromatic N) is 5. The van der Waals surface area contributed by atoms with Gasteiger partial charge in [-0.25, -0.2) is 9.97 Å². The van der Waals surface area contributed by atoms with E-state index in [1.54, 1.807) is 22.9 Å². The van der Waals surface area contributed by atoms with E-state index >= 15 is 0 Å². The number of rotatable bonds is 2. The molecule has 0 spiro atoms. The topological polar surface area (TPSA) is 83.5 Å². The van der Waals surface area contributed by atoms with Gasteiger partial charge in [0.05, 0.1) is 5.58 Å². The summed E-state index contributed by atoms with van der Waals surface area (Å²) in [6, 6.07) is 23.7. The molecular weight excluding hydrogens is 703 g/mol. The van der Waals surface area contributed by atoms with Gasteiger partial charge in [0.15, 0.2) is 5.65 Å². The zero-order chi connectivity index (χ0) is 30.6. The van der Waals surface area contributed by atoms with E-state index < -0.39 is 6.85 Å². The van der Waals surface area contributed by atoms with E-state index in [0.29, 0.717) is 5.71 Å². The minimum absolute atomic E-state index is 0. The van der Waals surface area contributed by atoms with Gasteiger partial charge in [-0.1, -0.05) is 34.7 Å². The Morgan fingerprint density at radius 3 is 2.71 bits per heavy atom. The summed E-state index contributed by atoms with van der Waals surface area (Å²) < 4.78 is 35.5. The van der Waals surface area contributed by atoms with Crippen molar-refractivity contribution in [3.63, 3.8) is 0 Å². The van der Waals surface area contributed by atoms with E-state index in [1.807, 2.05) is 75.4 Å². The fraction of sp³-hybridized carbons (Fsp3) is 0.147. The van der Waals surface area contributed by atoms with E-state index in [4.69, 9.17) is 13.1 Å². The van der Waals surface area contributed by atoms with Crippen LogP contribution < -0.4 is 0 Å². The predicted molar refractivity (Wildman–Crippen MR) is 161 cm³/mol. The van der Waals surface area contributed by atoms with Crippen molar-refractivity contribution >= 4 is 38.7 Å². The minimum Gasteiger partial charge on any atom is -0.683 e. The fourth-order valence-electron chi connectivity index (χ4n) is 4.92. The van der Waals surface area contributed by atoms with Crippen LogP contribution in [0.15, 0.2) is 93.7 Å². The molecule has 0 aliphatic carbocycles. The van der Waals surface area contributed by atoms with Crippen LogP contribution in [-0.2, 0) is 20.1 Å². The molecule has 0 N–H and O–H groups in total. The van der Waals surface area contributed by atoms with Crippen LogP contribution in [0.3, 0.4) is 0 Å². The molecule has 0 radical (unpaired) electrons. The zero-order valence-electron chi connectivity index (χ0n) is 26.0. The normalized spacial score (nSPS) is 15.8. The second kappa shape index (κ2) is 11.0. The number of allylic oxidation sites excluding steroid dienone is 2. The Bertz CT molecular complexity index is 2250. The number of hydrogen-bond acceptors (Lipinski definition) is 5. The maximum Gasteiger partial charge on any atom is 3.00 e. The summed E-state index contributed by atoms with van der Waals surface area (Å²) in [6.07, 6.45) is 6.59. The number of pyridine rings is 2. The van der Waals surface area contributed by atoms with Crippen molar-refractivity contribution < 1.29 is 33.2 Å². The number of aromatic nitrogens is 4. The first kappa shape index (κ1) is 24.1. The first-order valence-electron chi connectivity index (χ1n) is 14.7. The van der Waals surface area contributed by atoms with Gasteiger partial charge in [0, 0.05) is 27.0 Å². The van der Waals surface area contributed by atoms with Crippen LogP contribution in [0, 0.1) is 32.9 Å². The van der Waals surface area contributed by atoms with Crippen LogP contribution in [0.1, 0.15) is 39.6 Å². The van der Waals surface area contributed by atoms with Gasteiger partial charge in [0.2, 0.25) is 5.71 Å². The first-order chi connectivity index (χ1) is 21.2. The molecule has 1 aliphatic rings. The standard InChI is InChI=1S/C22H15N4O2.C12H11N.Ir/c1-11-7-8-15-14-5-4-6-16(20(14)27-22(15)24-11)17-9-19-18(10-23-17)25-21-12(2)13(3)28-26(19)21;1-10-7-8-12(13-9-10)11-5-3-2-4-6-11;/h4-5,7-10H,1-3H3;2-5,7-9,12H,1H3;/q-1;-2;+3/i;1D3;. The quantitative estimate of drug-likeness (QED) is 0.167. The van der Waals surface area contributed by atoms with Crippen LogP contribution in [-0.4, -0.2) is 19.5 Å². The fourth-order valence-corrected chi connectivity index (χ4v) is 4.92. The average Bonchev–Trinajstić information content (AvgIpc) is 3.66. The molecule has 1 unspecified atom stereocenters. The molecule has 0 bridgehead atoms. The Labute approximate surface area is 260 Å². The molecule has 8 heteroatoms. The van der Waals surface area contributed by atoms with Gasteiger partial charge in [-0.2, -0.15) is 46.7 Å². The smallest absolute Gasteiger partial charge is 0.683 e. The molecule has 7 nitrogen and oxygen atoms in total. The van der Waals surface area contributed by atoms with Gasteiger partial charge in [-0.05, 0) is 51.5 Å². The molecule has 8 rings (SSSR count). The van der Waals surface area contributed by atoms with Gasteiger partial charge >= 0.3 is 20.1 Å². The van der Waals surface area contributed by atoms with E-state index in [0.717, 1.165) is 66.9 Å². The first-order valence-corrected chi connectivity index (χ1v) is 13.2. The van der Waals surface area contributed by atoms with Crippen LogP contribution in [0.2, 0.25) is 0 Å². The van der Waals surface area contributed by atoms with Gasteiger partial charge in [-0.15, -0.1) is 18.2 Å². The van der Waals surface area contributed by atoms with Crippen LogP contribution in [0.5, 0.6) is 0 Å². The summed E-state index contributed by atoms with van der Waals surface area (Å²) in [5.41, 5.74) is 8.55. The molecule has 0 saturated heterocycles. The third-order valence-corrected chi connectivity index (χ3v) is 7.17. The molecule has 0 fully saturated rings. The zero-order valence-corrected chi connectivity index (χ0v) is 25.4. The summed E-state index contributed by atoms with van der Waals surface area (Å²) >= 11 is 0. The maximum atomic E-state index is 7.24. The van der Waals surface area contributed by atoms with Crippen LogP contribution >= 0.6 is 0 Å². The number of fused-ring (bicyclic) bond motifs is 6. The second-order valence-electron chi connectivity index (χ2n) is 9.92. The third kappa shape index (κ3) is 4.83. The number of benzene rings is 2. The number of aryl methyl sites for hydroxylation is 3. The Kier molecular flexibility index (Phi) is 6.34. The Balaban J connectivity index is 0.000000181. The molecule has 0 amide bonds. The van der Waals surface area contributed by atoms with Crippen molar-refractivity contribution in [2.75, 3.05) is 0 Å². The summed E-state index contributed by atoms with van der Waals surface area (Å²) in [5.74, 6) is 0.857. The van der Waals surface area contributed by atoms with Crippen LogP contribution in [0.25, 0.3) is 55.3 Å². The molecule has 208 valence electrons. The molecule has 0 saturated carbocycles. The largest absolute Gasteiger partial charge is 3.00 e. The summed E-state index contributed by atoms with van der Waals surface area (Å²) in [4.78, 5) is 13.8. The SMILES string of the molecule is Cc1ccc2c(n1)oc1c(-c3cc4c(cn3)nc3c(C)c(C)on34)[c-]ccc12.[2H]C([2H])([2H])C1=C[N-]C(c2[c-]cccc2)C=C1.[Ir+3]. The van der Waals surface area contributed by atoms with Crippen molar-refractivity contribution in [2.24, 2.45) is 0 Å². The van der Waals surface area contributed by atoms with E-state index in [-0.39, 0.29) is 31.7 Å². The van der Waals surface area contributed by atoms with Gasteiger partial charge in [0.1, 0.15) is 16.8 Å². The number of imidazole rings is 1. The van der Waals surface area contributed by atoms with Crippen molar-refractivity contribution in [3.05, 3.63) is 125 Å². The van der Waals surface area contributed by atoms with E-state index in [2.05, 4.69) is 32.4 Å². The third-order valence-electron chi connectivity index (χ3n) is 7.17. The van der Waals surface area contributed by atoms with Gasteiger partial charge in [0.25, 0.3) is 0 Å². The number of hydrogen-bond donors (Lipinski definition) is 0. The Hall–Kier alpha value is -4.52. The molecule has 2 aromatic carbocycles. The second-order valence-corrected chi connectivity index (χ2v) is 9.92. The Morgan fingerprint density at radius 2 is 1.93 bits per heavy atom. The molecule has 42 heavy (non-hydrogen) atoms. The number of furan rings is 1. The molecule has 6 heterocycles. The van der Waals surface area contributed by atoms with Gasteiger partial charge in [-0.3, -0.25) is 0 Å². The van der Waals surface area contributed by atoms with Crippen molar-refractivity contribution in [2.45, 2.75) is 33.7 Å². The summed E-state index contributed by atoms with van der Waals surface area (Å²) in [5, 5.41) is 6.20. The maximum absolute atomic E-state index is 7.24. The monoisotopic (exact) mass is 732 g/mol. The molecular formula is C34H26IrN5O2. The molecule has 5 aromatic heterocycles. The molecule has 1 atom stereocenters. The minimum atomic E-state index is -2.08. The van der Waals surface area contributed by atoms with Crippen molar-refractivity contribution in [3.8, 4) is 11.3 Å². The van der Waals surface area contributed by atoms with Crippen LogP contribution in [0.4, 0.5) is 0 Å². The predicted octanol–water partition coefficient (Wildman–Crippen LogP) is 8.54. The Morgan fingerprint density at radius 1 is 1.02 bits per heavy atom. The van der Waals surface area contributed by atoms with Gasteiger partial charge < -0.3 is 19.2 Å². The summed E-state index contributed by atoms with van der Waals surface area (Å²) in [7, 11) is 0. The van der Waals surface area contributed by atoms with Crippen molar-refractivity contribution in [1.29, 1.82) is 0 Å². The van der Waals surface area contributed by atoms with Crippen molar-refractivity contribution in [1.82, 2.24) is 19.5 Å². The molecule has 7 aromatic rings.